The summed E-state index contributed by atoms with van der Waals surface area (Å²) in [5.74, 6) is 1.22. The molecule has 0 N–H and O–H groups in total. The van der Waals surface area contributed by atoms with Gasteiger partial charge in [-0.25, -0.2) is 0 Å². The van der Waals surface area contributed by atoms with Gasteiger partial charge in [-0.2, -0.15) is 0 Å². The van der Waals surface area contributed by atoms with Crippen molar-refractivity contribution in [3.8, 4) is 0 Å². The maximum absolute atomic E-state index is 12.6. The van der Waals surface area contributed by atoms with Crippen LogP contribution in [0.3, 0.4) is 0 Å². The van der Waals surface area contributed by atoms with E-state index in [0.717, 1.165) is 65.0 Å². The standard InChI is InChI=1S/C18H33N3O2/c1-4-5-6-17(22)20-13-11-19(12-14-20)16-8-10-21(18(16)23)9-7-15(2)3/h15-16H,4-14H2,1-3H3. The zero-order valence-electron chi connectivity index (χ0n) is 15.1. The van der Waals surface area contributed by atoms with Gasteiger partial charge in [-0.3, -0.25) is 14.5 Å². The molecule has 132 valence electrons. The predicted octanol–water partition coefficient (Wildman–Crippen LogP) is 1.97. The molecule has 2 aliphatic rings. The summed E-state index contributed by atoms with van der Waals surface area (Å²) >= 11 is 0. The highest BCUT2D eigenvalue weighted by Gasteiger charge is 2.37. The van der Waals surface area contributed by atoms with Gasteiger partial charge in [-0.1, -0.05) is 27.2 Å². The third kappa shape index (κ3) is 4.93. The summed E-state index contributed by atoms with van der Waals surface area (Å²) in [4.78, 5) is 31.0. The first-order chi connectivity index (χ1) is 11.0. The van der Waals surface area contributed by atoms with E-state index in [1.165, 1.54) is 0 Å². The number of rotatable bonds is 7. The van der Waals surface area contributed by atoms with Crippen LogP contribution in [0.5, 0.6) is 0 Å². The molecule has 2 fully saturated rings. The molecule has 2 aliphatic heterocycles. The zero-order valence-corrected chi connectivity index (χ0v) is 15.1. The topological polar surface area (TPSA) is 43.9 Å². The van der Waals surface area contributed by atoms with E-state index in [9.17, 15) is 9.59 Å². The lowest BCUT2D eigenvalue weighted by Crippen LogP contribution is -2.53. The second-order valence-electron chi connectivity index (χ2n) is 7.33. The summed E-state index contributed by atoms with van der Waals surface area (Å²) in [5.41, 5.74) is 0. The van der Waals surface area contributed by atoms with Crippen molar-refractivity contribution in [3.63, 3.8) is 0 Å². The highest BCUT2D eigenvalue weighted by molar-refractivity contribution is 5.84. The summed E-state index contributed by atoms with van der Waals surface area (Å²) in [6.07, 6.45) is 4.74. The van der Waals surface area contributed by atoms with E-state index in [1.54, 1.807) is 0 Å². The van der Waals surface area contributed by atoms with Crippen LogP contribution < -0.4 is 0 Å². The zero-order chi connectivity index (χ0) is 16.8. The molecule has 1 atom stereocenters. The first kappa shape index (κ1) is 18.2. The molecule has 0 saturated carbocycles. The first-order valence-corrected chi connectivity index (χ1v) is 9.33. The SMILES string of the molecule is CCCCC(=O)N1CCN(C2CCN(CCC(C)C)C2=O)CC1. The molecule has 2 amide bonds. The maximum Gasteiger partial charge on any atom is 0.239 e. The van der Waals surface area contributed by atoms with E-state index in [4.69, 9.17) is 0 Å². The predicted molar refractivity (Wildman–Crippen MR) is 92.1 cm³/mol. The van der Waals surface area contributed by atoms with Crippen LogP contribution in [0.15, 0.2) is 0 Å². The molecule has 1 unspecified atom stereocenters. The summed E-state index contributed by atoms with van der Waals surface area (Å²) in [6, 6.07) is 0.0510. The monoisotopic (exact) mass is 323 g/mol. The van der Waals surface area contributed by atoms with Crippen molar-refractivity contribution in [2.75, 3.05) is 39.3 Å². The molecule has 23 heavy (non-hydrogen) atoms. The smallest absolute Gasteiger partial charge is 0.239 e. The van der Waals surface area contributed by atoms with Gasteiger partial charge < -0.3 is 9.80 Å². The Kier molecular flexibility index (Phi) is 6.88. The van der Waals surface area contributed by atoms with E-state index < -0.39 is 0 Å². The normalized spacial score (nSPS) is 23.1. The summed E-state index contributed by atoms with van der Waals surface area (Å²) < 4.78 is 0. The number of nitrogens with zero attached hydrogens (tertiary/aromatic N) is 3. The Bertz CT molecular complexity index is 403. The maximum atomic E-state index is 12.6. The number of hydrogen-bond acceptors (Lipinski definition) is 3. The van der Waals surface area contributed by atoms with Crippen LogP contribution in [0.1, 0.15) is 52.9 Å². The van der Waals surface area contributed by atoms with E-state index in [-0.39, 0.29) is 11.9 Å². The Balaban J connectivity index is 1.77. The molecule has 0 aliphatic carbocycles. The molecular weight excluding hydrogens is 290 g/mol. The van der Waals surface area contributed by atoms with Gasteiger partial charge in [0.2, 0.25) is 11.8 Å². The molecule has 0 aromatic heterocycles. The highest BCUT2D eigenvalue weighted by atomic mass is 16.2. The van der Waals surface area contributed by atoms with E-state index in [2.05, 4.69) is 25.7 Å². The number of carbonyl (C=O) groups is 2. The fourth-order valence-corrected chi connectivity index (χ4v) is 3.47. The van der Waals surface area contributed by atoms with Gasteiger partial charge in [0, 0.05) is 45.7 Å². The summed E-state index contributed by atoms with van der Waals surface area (Å²) in [7, 11) is 0. The second-order valence-corrected chi connectivity index (χ2v) is 7.33. The van der Waals surface area contributed by atoms with Crippen molar-refractivity contribution < 1.29 is 9.59 Å². The van der Waals surface area contributed by atoms with Crippen LogP contribution in [-0.4, -0.2) is 71.8 Å². The third-order valence-electron chi connectivity index (χ3n) is 5.10. The molecule has 2 heterocycles. The number of hydrogen-bond donors (Lipinski definition) is 0. The average Bonchev–Trinajstić information content (AvgIpc) is 2.91. The number of carbonyl (C=O) groups excluding carboxylic acids is 2. The molecule has 5 nitrogen and oxygen atoms in total. The van der Waals surface area contributed by atoms with Crippen LogP contribution in [0, 0.1) is 5.92 Å². The van der Waals surface area contributed by atoms with Crippen molar-refractivity contribution >= 4 is 11.8 Å². The molecule has 2 rings (SSSR count). The Morgan fingerprint density at radius 2 is 1.87 bits per heavy atom. The van der Waals surface area contributed by atoms with Gasteiger partial charge in [-0.15, -0.1) is 0 Å². The number of amides is 2. The minimum atomic E-state index is 0.0510. The Hall–Kier alpha value is -1.10. The van der Waals surface area contributed by atoms with Gasteiger partial charge >= 0.3 is 0 Å². The van der Waals surface area contributed by atoms with Gasteiger partial charge in [-0.05, 0) is 25.2 Å². The molecule has 0 radical (unpaired) electrons. The minimum Gasteiger partial charge on any atom is -0.341 e. The number of unbranched alkanes of at least 4 members (excludes halogenated alkanes) is 1. The molecule has 0 aromatic rings. The fraction of sp³-hybridized carbons (Fsp3) is 0.889. The highest BCUT2D eigenvalue weighted by Crippen LogP contribution is 2.20. The first-order valence-electron chi connectivity index (χ1n) is 9.33. The van der Waals surface area contributed by atoms with Crippen LogP contribution in [0.4, 0.5) is 0 Å². The lowest BCUT2D eigenvalue weighted by molar-refractivity contribution is -0.135. The van der Waals surface area contributed by atoms with Gasteiger partial charge in [0.15, 0.2) is 0 Å². The van der Waals surface area contributed by atoms with Crippen LogP contribution in [0.2, 0.25) is 0 Å². The summed E-state index contributed by atoms with van der Waals surface area (Å²) in [5, 5.41) is 0. The van der Waals surface area contributed by atoms with Crippen molar-refractivity contribution in [1.29, 1.82) is 0 Å². The van der Waals surface area contributed by atoms with E-state index in [1.807, 2.05) is 9.80 Å². The molecule has 0 aromatic carbocycles. The quantitative estimate of drug-likeness (QED) is 0.719. The van der Waals surface area contributed by atoms with E-state index in [0.29, 0.717) is 18.2 Å². The number of likely N-dealkylation sites (tertiary alicyclic amines) is 1. The average molecular weight is 323 g/mol. The Labute approximate surface area is 141 Å². The van der Waals surface area contributed by atoms with Crippen LogP contribution >= 0.6 is 0 Å². The lowest BCUT2D eigenvalue weighted by atomic mass is 10.1. The molecule has 5 heteroatoms. The second kappa shape index (κ2) is 8.67. The Morgan fingerprint density at radius 1 is 1.17 bits per heavy atom. The van der Waals surface area contributed by atoms with E-state index >= 15 is 0 Å². The third-order valence-corrected chi connectivity index (χ3v) is 5.10. The molecule has 0 spiro atoms. The van der Waals surface area contributed by atoms with Crippen molar-refractivity contribution in [1.82, 2.24) is 14.7 Å². The Morgan fingerprint density at radius 3 is 2.48 bits per heavy atom. The van der Waals surface area contributed by atoms with Gasteiger partial charge in [0.1, 0.15) is 0 Å². The summed E-state index contributed by atoms with van der Waals surface area (Å²) in [6.45, 7) is 11.5. The molecule has 0 bridgehead atoms. The van der Waals surface area contributed by atoms with Crippen LogP contribution in [-0.2, 0) is 9.59 Å². The largest absolute Gasteiger partial charge is 0.341 e. The minimum absolute atomic E-state index is 0.0510. The van der Waals surface area contributed by atoms with Gasteiger partial charge in [0.05, 0.1) is 6.04 Å². The molecular formula is C18H33N3O2. The van der Waals surface area contributed by atoms with Crippen molar-refractivity contribution in [2.24, 2.45) is 5.92 Å². The fourth-order valence-electron chi connectivity index (χ4n) is 3.47. The van der Waals surface area contributed by atoms with Crippen molar-refractivity contribution in [3.05, 3.63) is 0 Å². The molecule has 2 saturated heterocycles. The van der Waals surface area contributed by atoms with Crippen LogP contribution in [0.25, 0.3) is 0 Å². The van der Waals surface area contributed by atoms with Gasteiger partial charge in [0.25, 0.3) is 0 Å². The van der Waals surface area contributed by atoms with Crippen molar-refractivity contribution in [2.45, 2.75) is 58.9 Å². The lowest BCUT2D eigenvalue weighted by Gasteiger charge is -2.37. The number of piperazine rings is 1.